The smallest absolute Gasteiger partial charge is 0.287 e. The Morgan fingerprint density at radius 2 is 1.74 bits per heavy atom. The van der Waals surface area contributed by atoms with Crippen molar-refractivity contribution in [3.8, 4) is 0 Å². The maximum absolute atomic E-state index is 12.5. The first-order valence-electron chi connectivity index (χ1n) is 6.45. The molecule has 2 rings (SSSR count). The molecule has 0 atom stereocenters. The van der Waals surface area contributed by atoms with Crippen molar-refractivity contribution >= 4 is 27.5 Å². The summed E-state index contributed by atoms with van der Waals surface area (Å²) in [5.74, 6) is -1.19. The molecule has 0 saturated carbocycles. The van der Waals surface area contributed by atoms with Gasteiger partial charge in [-0.25, -0.2) is 8.42 Å². The van der Waals surface area contributed by atoms with E-state index < -0.39 is 36.9 Å². The van der Waals surface area contributed by atoms with Gasteiger partial charge in [0, 0.05) is 11.6 Å². The maximum atomic E-state index is 12.5. The highest BCUT2D eigenvalue weighted by Crippen LogP contribution is 2.27. The highest BCUT2D eigenvalue weighted by Gasteiger charge is 2.26. The van der Waals surface area contributed by atoms with Crippen molar-refractivity contribution in [2.24, 2.45) is 0 Å². The second-order valence-electron chi connectivity index (χ2n) is 4.65. The van der Waals surface area contributed by atoms with Gasteiger partial charge in [0.25, 0.3) is 5.69 Å². The van der Waals surface area contributed by atoms with Gasteiger partial charge in [0.2, 0.25) is 5.78 Å². The third-order valence-electron chi connectivity index (χ3n) is 3.16. The Balaban J connectivity index is 2.51. The first kappa shape index (κ1) is 16.5. The Bertz CT molecular complexity index is 890. The van der Waals surface area contributed by atoms with Crippen LogP contribution in [0.3, 0.4) is 0 Å². The lowest BCUT2D eigenvalue weighted by atomic mass is 10.1. The molecule has 0 aliphatic carbocycles. The van der Waals surface area contributed by atoms with E-state index in [0.29, 0.717) is 6.21 Å². The molecule has 1 N–H and O–H groups in total. The number of benzene rings is 2. The van der Waals surface area contributed by atoms with Gasteiger partial charge in [0.15, 0.2) is 9.84 Å². The number of nitro benzene ring substituents is 1. The largest absolute Gasteiger partial charge is 0.305 e. The number of ketones is 1. The molecule has 0 amide bonds. The first-order chi connectivity index (χ1) is 10.9. The van der Waals surface area contributed by atoms with Crippen LogP contribution in [0, 0.1) is 15.5 Å². The van der Waals surface area contributed by atoms with Crippen LogP contribution < -0.4 is 0 Å². The molecule has 0 saturated heterocycles. The van der Waals surface area contributed by atoms with Crippen LogP contribution in [0.15, 0.2) is 53.4 Å². The SMILES string of the molecule is N=CC(=O)c1ccccc1CS(=O)(=O)c1ccccc1[N+](=O)[O-]. The minimum Gasteiger partial charge on any atom is -0.305 e. The first-order valence-corrected chi connectivity index (χ1v) is 8.11. The van der Waals surface area contributed by atoms with E-state index in [1.807, 2.05) is 0 Å². The zero-order valence-electron chi connectivity index (χ0n) is 11.8. The fourth-order valence-electron chi connectivity index (χ4n) is 2.12. The minimum atomic E-state index is -4.02. The van der Waals surface area contributed by atoms with E-state index in [1.165, 1.54) is 24.3 Å². The summed E-state index contributed by atoms with van der Waals surface area (Å²) in [6, 6.07) is 11.0. The number of hydrogen-bond donors (Lipinski definition) is 1. The third kappa shape index (κ3) is 3.49. The number of carbonyl (C=O) groups excluding carboxylic acids is 1. The zero-order chi connectivity index (χ0) is 17.0. The fraction of sp³-hybridized carbons (Fsp3) is 0.0667. The number of nitrogens with one attached hydrogen (secondary N) is 1. The van der Waals surface area contributed by atoms with Gasteiger partial charge in [-0.15, -0.1) is 0 Å². The normalized spacial score (nSPS) is 11.0. The number of Topliss-reactive ketones (excluding diaryl/α,β-unsaturated/α-hetero) is 1. The summed E-state index contributed by atoms with van der Waals surface area (Å²) in [7, 11) is -4.02. The van der Waals surface area contributed by atoms with E-state index in [2.05, 4.69) is 0 Å². The van der Waals surface area contributed by atoms with Crippen molar-refractivity contribution in [2.75, 3.05) is 0 Å². The van der Waals surface area contributed by atoms with E-state index in [-0.39, 0.29) is 11.1 Å². The van der Waals surface area contributed by atoms with Crippen LogP contribution in [0.4, 0.5) is 5.69 Å². The van der Waals surface area contributed by atoms with Crippen molar-refractivity contribution in [3.63, 3.8) is 0 Å². The summed E-state index contributed by atoms with van der Waals surface area (Å²) in [6.45, 7) is 0. The Hall–Kier alpha value is -2.87. The van der Waals surface area contributed by atoms with Gasteiger partial charge in [-0.2, -0.15) is 0 Å². The summed E-state index contributed by atoms with van der Waals surface area (Å²) < 4.78 is 25.0. The van der Waals surface area contributed by atoms with Crippen molar-refractivity contribution in [1.29, 1.82) is 5.41 Å². The molecule has 8 heteroatoms. The molecule has 2 aromatic rings. The lowest BCUT2D eigenvalue weighted by Crippen LogP contribution is -2.11. The molecular weight excluding hydrogens is 320 g/mol. The Kier molecular flexibility index (Phi) is 4.65. The van der Waals surface area contributed by atoms with Gasteiger partial charge >= 0.3 is 0 Å². The average Bonchev–Trinajstić information content (AvgIpc) is 2.54. The summed E-state index contributed by atoms with van der Waals surface area (Å²) in [4.78, 5) is 21.5. The van der Waals surface area contributed by atoms with Gasteiger partial charge in [-0.1, -0.05) is 36.4 Å². The predicted octanol–water partition coefficient (Wildman–Crippen LogP) is 2.40. The van der Waals surface area contributed by atoms with Crippen LogP contribution in [0.25, 0.3) is 0 Å². The lowest BCUT2D eigenvalue weighted by Gasteiger charge is -2.08. The minimum absolute atomic E-state index is 0.0876. The van der Waals surface area contributed by atoms with Crippen LogP contribution in [-0.2, 0) is 15.6 Å². The number of rotatable bonds is 6. The summed E-state index contributed by atoms with van der Waals surface area (Å²) >= 11 is 0. The monoisotopic (exact) mass is 332 g/mol. The Morgan fingerprint density at radius 3 is 2.39 bits per heavy atom. The molecule has 0 aliphatic rings. The van der Waals surface area contributed by atoms with Crippen LogP contribution in [0.2, 0.25) is 0 Å². The molecule has 0 spiro atoms. The molecular formula is C15H12N2O5S. The van der Waals surface area contributed by atoms with Crippen LogP contribution >= 0.6 is 0 Å². The van der Waals surface area contributed by atoms with E-state index in [0.717, 1.165) is 12.1 Å². The van der Waals surface area contributed by atoms with Crippen LogP contribution in [0.1, 0.15) is 15.9 Å². The molecule has 2 aromatic carbocycles. The molecule has 0 heterocycles. The topological polar surface area (TPSA) is 118 Å². The van der Waals surface area contributed by atoms with E-state index in [4.69, 9.17) is 5.41 Å². The number of hydrogen-bond acceptors (Lipinski definition) is 6. The van der Waals surface area contributed by atoms with Crippen molar-refractivity contribution in [3.05, 3.63) is 69.8 Å². The van der Waals surface area contributed by atoms with Gasteiger partial charge in [0.05, 0.1) is 16.9 Å². The summed E-state index contributed by atoms with van der Waals surface area (Å²) in [5.41, 5.74) is -0.229. The number of sulfone groups is 1. The third-order valence-corrected chi connectivity index (χ3v) is 4.86. The van der Waals surface area contributed by atoms with Gasteiger partial charge in [-0.05, 0) is 11.6 Å². The van der Waals surface area contributed by atoms with E-state index in [9.17, 15) is 23.3 Å². The van der Waals surface area contributed by atoms with Gasteiger partial charge in [-0.3, -0.25) is 14.9 Å². The Morgan fingerprint density at radius 1 is 1.13 bits per heavy atom. The standard InChI is InChI=1S/C15H12N2O5S/c16-9-14(18)12-6-2-1-5-11(12)10-23(21,22)15-8-4-3-7-13(15)17(19)20/h1-9,16H,10H2. The molecule has 23 heavy (non-hydrogen) atoms. The molecule has 7 nitrogen and oxygen atoms in total. The quantitative estimate of drug-likeness (QED) is 0.377. The maximum Gasteiger partial charge on any atom is 0.287 e. The molecule has 0 radical (unpaired) electrons. The summed E-state index contributed by atoms with van der Waals surface area (Å²) in [5, 5.41) is 18.0. The Labute approximate surface area is 132 Å². The van der Waals surface area contributed by atoms with Crippen LogP contribution in [-0.4, -0.2) is 25.3 Å². The highest BCUT2D eigenvalue weighted by atomic mass is 32.2. The summed E-state index contributed by atoms with van der Waals surface area (Å²) in [6.07, 6.45) is 0.594. The van der Waals surface area contributed by atoms with Crippen molar-refractivity contribution < 1.29 is 18.1 Å². The van der Waals surface area contributed by atoms with Gasteiger partial charge < -0.3 is 5.41 Å². The number of nitro groups is 1. The van der Waals surface area contributed by atoms with Crippen molar-refractivity contribution in [2.45, 2.75) is 10.6 Å². The number of para-hydroxylation sites is 1. The predicted molar refractivity (Wildman–Crippen MR) is 83.5 cm³/mol. The average molecular weight is 332 g/mol. The number of carbonyl (C=O) groups is 1. The molecule has 0 fully saturated rings. The highest BCUT2D eigenvalue weighted by molar-refractivity contribution is 7.90. The molecule has 118 valence electrons. The van der Waals surface area contributed by atoms with Gasteiger partial charge in [0.1, 0.15) is 4.90 Å². The fourth-order valence-corrected chi connectivity index (χ4v) is 3.68. The van der Waals surface area contributed by atoms with E-state index >= 15 is 0 Å². The van der Waals surface area contributed by atoms with E-state index in [1.54, 1.807) is 12.1 Å². The zero-order valence-corrected chi connectivity index (χ0v) is 12.6. The van der Waals surface area contributed by atoms with Crippen LogP contribution in [0.5, 0.6) is 0 Å². The molecule has 0 aliphatic heterocycles. The van der Waals surface area contributed by atoms with Crippen molar-refractivity contribution in [1.82, 2.24) is 0 Å². The second kappa shape index (κ2) is 6.49. The second-order valence-corrected chi connectivity index (χ2v) is 6.61. The lowest BCUT2D eigenvalue weighted by molar-refractivity contribution is -0.387. The molecule has 0 bridgehead atoms. The molecule has 0 unspecified atom stereocenters. The molecule has 0 aromatic heterocycles. The number of nitrogens with zero attached hydrogens (tertiary/aromatic N) is 1.